The summed E-state index contributed by atoms with van der Waals surface area (Å²) in [7, 11) is 0. The van der Waals surface area contributed by atoms with E-state index in [2.05, 4.69) is 26.1 Å². The number of carbonyl (C=O) groups excluding carboxylic acids is 2. The predicted molar refractivity (Wildman–Crippen MR) is 105 cm³/mol. The lowest BCUT2D eigenvalue weighted by atomic mass is 10.1. The van der Waals surface area contributed by atoms with Crippen LogP contribution in [0.1, 0.15) is 22.8 Å². The number of nitrogens with zero attached hydrogens (tertiary/aromatic N) is 2. The Balaban J connectivity index is 1.65. The van der Waals surface area contributed by atoms with Crippen molar-refractivity contribution in [2.24, 2.45) is 0 Å². The first-order valence-electron chi connectivity index (χ1n) is 8.36. The van der Waals surface area contributed by atoms with E-state index < -0.39 is 0 Å². The molecule has 0 atom stereocenters. The predicted octanol–water partition coefficient (Wildman–Crippen LogP) is 3.74. The van der Waals surface area contributed by atoms with Crippen molar-refractivity contribution >= 4 is 34.8 Å². The summed E-state index contributed by atoms with van der Waals surface area (Å²) in [4.78, 5) is 23.4. The zero-order valence-corrected chi connectivity index (χ0v) is 15.0. The third-order valence-corrected chi connectivity index (χ3v) is 3.64. The van der Waals surface area contributed by atoms with Gasteiger partial charge in [-0.2, -0.15) is 0 Å². The third kappa shape index (κ3) is 5.12. The Hall–Kier alpha value is -3.74. The fraction of sp³-hybridized carbons (Fsp3) is 0.100. The maximum Gasteiger partial charge on any atom is 0.256 e. The highest BCUT2D eigenvalue weighted by molar-refractivity contribution is 6.03. The third-order valence-electron chi connectivity index (χ3n) is 3.64. The molecule has 2 amide bonds. The van der Waals surface area contributed by atoms with Gasteiger partial charge in [0.25, 0.3) is 5.91 Å². The summed E-state index contributed by atoms with van der Waals surface area (Å²) in [6.45, 7) is 3.38. The largest absolute Gasteiger partial charge is 0.339 e. The lowest BCUT2D eigenvalue weighted by molar-refractivity contribution is -0.114. The van der Waals surface area contributed by atoms with Crippen LogP contribution in [0.2, 0.25) is 0 Å². The Morgan fingerprint density at radius 3 is 2.22 bits per heavy atom. The highest BCUT2D eigenvalue weighted by Crippen LogP contribution is 2.19. The average molecular weight is 361 g/mol. The summed E-state index contributed by atoms with van der Waals surface area (Å²) < 4.78 is 0. The Morgan fingerprint density at radius 2 is 1.52 bits per heavy atom. The highest BCUT2D eigenvalue weighted by atomic mass is 16.2. The standard InChI is InChI=1S/C20H19N5O2/c1-13-5-3-6-15(11-13)20(27)23-19-10-9-18(24-25-19)22-17-8-4-7-16(12-17)21-14(2)26/h3-12H,1-2H3,(H,21,26)(H,22,24)(H,23,25,27). The van der Waals surface area contributed by atoms with Crippen LogP contribution in [0.25, 0.3) is 0 Å². The molecule has 0 spiro atoms. The van der Waals surface area contributed by atoms with Crippen LogP contribution in [-0.4, -0.2) is 22.0 Å². The summed E-state index contributed by atoms with van der Waals surface area (Å²) in [5, 5.41) is 16.6. The Bertz CT molecular complexity index is 970. The van der Waals surface area contributed by atoms with E-state index >= 15 is 0 Å². The van der Waals surface area contributed by atoms with Gasteiger partial charge >= 0.3 is 0 Å². The number of benzene rings is 2. The van der Waals surface area contributed by atoms with Gasteiger partial charge in [0.2, 0.25) is 5.91 Å². The summed E-state index contributed by atoms with van der Waals surface area (Å²) in [5.41, 5.74) is 3.01. The number of hydrogen-bond acceptors (Lipinski definition) is 5. The molecule has 0 saturated carbocycles. The van der Waals surface area contributed by atoms with Crippen LogP contribution in [0.5, 0.6) is 0 Å². The number of rotatable bonds is 5. The zero-order valence-electron chi connectivity index (χ0n) is 15.0. The van der Waals surface area contributed by atoms with E-state index in [1.807, 2.05) is 31.2 Å². The second-order valence-corrected chi connectivity index (χ2v) is 6.01. The molecule has 3 aromatic rings. The minimum atomic E-state index is -0.239. The minimum absolute atomic E-state index is 0.138. The van der Waals surface area contributed by atoms with Crippen LogP contribution in [0.4, 0.5) is 23.0 Å². The van der Waals surface area contributed by atoms with Crippen molar-refractivity contribution in [1.29, 1.82) is 0 Å². The second kappa shape index (κ2) is 8.09. The van der Waals surface area contributed by atoms with Gasteiger partial charge < -0.3 is 16.0 Å². The Labute approximate surface area is 156 Å². The Morgan fingerprint density at radius 1 is 0.815 bits per heavy atom. The first kappa shape index (κ1) is 18.1. The van der Waals surface area contributed by atoms with E-state index in [1.54, 1.807) is 36.4 Å². The lowest BCUT2D eigenvalue weighted by Crippen LogP contribution is -2.13. The van der Waals surface area contributed by atoms with E-state index in [0.29, 0.717) is 22.9 Å². The maximum atomic E-state index is 12.2. The molecule has 7 heteroatoms. The van der Waals surface area contributed by atoms with Crippen LogP contribution in [0, 0.1) is 6.92 Å². The molecule has 0 fully saturated rings. The van der Waals surface area contributed by atoms with Crippen LogP contribution in [0.15, 0.2) is 60.7 Å². The molecule has 27 heavy (non-hydrogen) atoms. The zero-order chi connectivity index (χ0) is 19.2. The molecule has 0 aliphatic carbocycles. The van der Waals surface area contributed by atoms with Gasteiger partial charge in [-0.15, -0.1) is 10.2 Å². The van der Waals surface area contributed by atoms with Crippen LogP contribution in [0.3, 0.4) is 0 Å². The molecular formula is C20H19N5O2. The van der Waals surface area contributed by atoms with Crippen LogP contribution >= 0.6 is 0 Å². The number of anilines is 4. The van der Waals surface area contributed by atoms with Crippen LogP contribution < -0.4 is 16.0 Å². The molecule has 1 heterocycles. The fourth-order valence-corrected chi connectivity index (χ4v) is 2.47. The van der Waals surface area contributed by atoms with E-state index in [-0.39, 0.29) is 11.8 Å². The van der Waals surface area contributed by atoms with E-state index in [9.17, 15) is 9.59 Å². The van der Waals surface area contributed by atoms with E-state index in [1.165, 1.54) is 6.92 Å². The number of hydrogen-bond donors (Lipinski definition) is 3. The smallest absolute Gasteiger partial charge is 0.256 e. The molecular weight excluding hydrogens is 342 g/mol. The quantitative estimate of drug-likeness (QED) is 0.643. The molecule has 3 rings (SSSR count). The monoisotopic (exact) mass is 361 g/mol. The summed E-state index contributed by atoms with van der Waals surface area (Å²) >= 11 is 0. The van der Waals surface area contributed by atoms with Gasteiger partial charge in [-0.1, -0.05) is 23.8 Å². The molecule has 0 aliphatic heterocycles. The normalized spacial score (nSPS) is 10.1. The average Bonchev–Trinajstić information content (AvgIpc) is 2.63. The van der Waals surface area contributed by atoms with Crippen molar-refractivity contribution in [3.8, 4) is 0 Å². The van der Waals surface area contributed by atoms with Gasteiger partial charge in [0, 0.05) is 23.9 Å². The molecule has 0 bridgehead atoms. The first-order valence-corrected chi connectivity index (χ1v) is 8.36. The number of carbonyl (C=O) groups is 2. The SMILES string of the molecule is CC(=O)Nc1cccc(Nc2ccc(NC(=O)c3cccc(C)c3)nn2)c1. The summed E-state index contributed by atoms with van der Waals surface area (Å²) in [6, 6.07) is 17.9. The molecule has 3 N–H and O–H groups in total. The molecule has 0 aliphatic rings. The van der Waals surface area contributed by atoms with E-state index in [4.69, 9.17) is 0 Å². The molecule has 2 aromatic carbocycles. The van der Waals surface area contributed by atoms with Gasteiger partial charge in [-0.05, 0) is 49.4 Å². The number of nitrogens with one attached hydrogen (secondary N) is 3. The van der Waals surface area contributed by atoms with Gasteiger partial charge in [-0.3, -0.25) is 9.59 Å². The summed E-state index contributed by atoms with van der Waals surface area (Å²) in [5.74, 6) is 0.500. The number of aromatic nitrogens is 2. The molecule has 0 radical (unpaired) electrons. The van der Waals surface area contributed by atoms with Gasteiger partial charge in [-0.25, -0.2) is 0 Å². The van der Waals surface area contributed by atoms with Gasteiger partial charge in [0.15, 0.2) is 11.6 Å². The van der Waals surface area contributed by atoms with Crippen molar-refractivity contribution < 1.29 is 9.59 Å². The van der Waals surface area contributed by atoms with Gasteiger partial charge in [0.1, 0.15) is 0 Å². The molecule has 0 unspecified atom stereocenters. The number of aryl methyl sites for hydroxylation is 1. The highest BCUT2D eigenvalue weighted by Gasteiger charge is 2.07. The van der Waals surface area contributed by atoms with Crippen molar-refractivity contribution in [2.45, 2.75) is 13.8 Å². The first-order chi connectivity index (χ1) is 13.0. The van der Waals surface area contributed by atoms with Crippen molar-refractivity contribution in [1.82, 2.24) is 10.2 Å². The molecule has 7 nitrogen and oxygen atoms in total. The van der Waals surface area contributed by atoms with Gasteiger partial charge in [0.05, 0.1) is 0 Å². The molecule has 0 saturated heterocycles. The van der Waals surface area contributed by atoms with Crippen molar-refractivity contribution in [3.63, 3.8) is 0 Å². The topological polar surface area (TPSA) is 96.0 Å². The van der Waals surface area contributed by atoms with E-state index in [0.717, 1.165) is 11.3 Å². The molecule has 1 aromatic heterocycles. The van der Waals surface area contributed by atoms with Crippen molar-refractivity contribution in [3.05, 3.63) is 71.8 Å². The van der Waals surface area contributed by atoms with Crippen LogP contribution in [-0.2, 0) is 4.79 Å². The maximum absolute atomic E-state index is 12.2. The summed E-state index contributed by atoms with van der Waals surface area (Å²) in [6.07, 6.45) is 0. The minimum Gasteiger partial charge on any atom is -0.339 e. The Kier molecular flexibility index (Phi) is 5.41. The second-order valence-electron chi connectivity index (χ2n) is 6.01. The lowest BCUT2D eigenvalue weighted by Gasteiger charge is -2.09. The fourth-order valence-electron chi connectivity index (χ4n) is 2.47. The molecule has 136 valence electrons. The van der Waals surface area contributed by atoms with Crippen molar-refractivity contribution in [2.75, 3.05) is 16.0 Å². The number of amides is 2.